The lowest BCUT2D eigenvalue weighted by Gasteiger charge is -2.32. The van der Waals surface area contributed by atoms with Gasteiger partial charge >= 0.3 is 5.97 Å². The van der Waals surface area contributed by atoms with Crippen molar-refractivity contribution < 1.29 is 22.7 Å². The summed E-state index contributed by atoms with van der Waals surface area (Å²) in [7, 11) is -2.35. The fourth-order valence-corrected chi connectivity index (χ4v) is 4.72. The van der Waals surface area contributed by atoms with Crippen molar-refractivity contribution in [1.82, 2.24) is 4.31 Å². The highest BCUT2D eigenvalue weighted by Gasteiger charge is 2.33. The molecule has 1 aliphatic heterocycles. The topological polar surface area (TPSA) is 72.9 Å². The van der Waals surface area contributed by atoms with Crippen LogP contribution in [0, 0.1) is 0 Å². The number of methoxy groups -OCH3 is 1. The molecular formula is C18H25NO5S. The Kier molecular flexibility index (Phi) is 6.24. The molecule has 0 bridgehead atoms. The Balaban J connectivity index is 2.39. The number of nitrogens with zero attached hydrogens (tertiary/aromatic N) is 1. The van der Waals surface area contributed by atoms with Crippen molar-refractivity contribution in [3.8, 4) is 5.75 Å². The molecule has 7 heteroatoms. The lowest BCUT2D eigenvalue weighted by atomic mass is 10.1. The van der Waals surface area contributed by atoms with E-state index in [1.165, 1.54) is 29.6 Å². The predicted octanol–water partition coefficient (Wildman–Crippen LogP) is 2.99. The molecule has 6 nitrogen and oxygen atoms in total. The van der Waals surface area contributed by atoms with Gasteiger partial charge in [0.25, 0.3) is 0 Å². The van der Waals surface area contributed by atoms with E-state index in [2.05, 4.69) is 6.58 Å². The number of rotatable bonds is 6. The molecule has 1 aromatic carbocycles. The monoisotopic (exact) mass is 367 g/mol. The van der Waals surface area contributed by atoms with Crippen LogP contribution < -0.4 is 4.74 Å². The highest BCUT2D eigenvalue weighted by molar-refractivity contribution is 7.89. The quantitative estimate of drug-likeness (QED) is 0.571. The van der Waals surface area contributed by atoms with Crippen molar-refractivity contribution in [2.24, 2.45) is 0 Å². The molecule has 0 saturated carbocycles. The van der Waals surface area contributed by atoms with Crippen LogP contribution >= 0.6 is 0 Å². The third kappa shape index (κ3) is 4.41. The molecule has 0 spiro atoms. The molecule has 1 atom stereocenters. The Hall–Kier alpha value is -1.86. The molecule has 0 aliphatic carbocycles. The minimum atomic E-state index is -3.76. The first-order valence-electron chi connectivity index (χ1n) is 8.28. The fraction of sp³-hybridized carbons (Fsp3) is 0.500. The number of piperidine rings is 1. The zero-order valence-electron chi connectivity index (χ0n) is 14.9. The van der Waals surface area contributed by atoms with Gasteiger partial charge in [0, 0.05) is 12.6 Å². The molecule has 1 aliphatic rings. The molecule has 1 saturated heterocycles. The molecule has 0 N–H and O–H groups in total. The third-order valence-corrected chi connectivity index (χ3v) is 6.21. The van der Waals surface area contributed by atoms with E-state index in [9.17, 15) is 13.2 Å². The molecular weight excluding hydrogens is 342 g/mol. The van der Waals surface area contributed by atoms with Crippen LogP contribution in [0.1, 0.15) is 43.5 Å². The van der Waals surface area contributed by atoms with Gasteiger partial charge in [-0.05, 0) is 50.5 Å². The fourth-order valence-electron chi connectivity index (χ4n) is 2.83. The van der Waals surface area contributed by atoms with Crippen molar-refractivity contribution in [2.75, 3.05) is 20.3 Å². The van der Waals surface area contributed by atoms with E-state index in [1.54, 1.807) is 6.92 Å². The van der Waals surface area contributed by atoms with Crippen LogP contribution in [0.3, 0.4) is 0 Å². The van der Waals surface area contributed by atoms with Crippen LogP contribution in [0.25, 0.3) is 0 Å². The summed E-state index contributed by atoms with van der Waals surface area (Å²) in [6.45, 7) is 7.88. The number of carbonyl (C=O) groups is 1. The highest BCUT2D eigenvalue weighted by Crippen LogP contribution is 2.31. The Morgan fingerprint density at radius 3 is 2.68 bits per heavy atom. The predicted molar refractivity (Wildman–Crippen MR) is 95.3 cm³/mol. The van der Waals surface area contributed by atoms with E-state index in [-0.39, 0.29) is 28.9 Å². The normalized spacial score (nSPS) is 18.6. The number of hydrogen-bond donors (Lipinski definition) is 0. The summed E-state index contributed by atoms with van der Waals surface area (Å²) in [4.78, 5) is 12.1. The summed E-state index contributed by atoms with van der Waals surface area (Å²) in [5.74, 6) is -0.372. The minimum Gasteiger partial charge on any atom is -0.495 e. The largest absolute Gasteiger partial charge is 0.495 e. The van der Waals surface area contributed by atoms with Gasteiger partial charge in [-0.2, -0.15) is 4.31 Å². The van der Waals surface area contributed by atoms with Crippen molar-refractivity contribution in [3.63, 3.8) is 0 Å². The van der Waals surface area contributed by atoms with E-state index in [1.807, 2.05) is 6.92 Å². The van der Waals surface area contributed by atoms with Crippen molar-refractivity contribution in [2.45, 2.75) is 44.0 Å². The zero-order chi connectivity index (χ0) is 18.6. The standard InChI is InChI=1S/C18H25NO5S/c1-13(2)12-24-18(20)15-8-9-16(23-4)17(11-15)25(21,22)19-10-6-5-7-14(19)3/h8-9,11,14H,1,5-7,10,12H2,2-4H3. The summed E-state index contributed by atoms with van der Waals surface area (Å²) in [6, 6.07) is 4.23. The van der Waals surface area contributed by atoms with Crippen molar-refractivity contribution in [3.05, 3.63) is 35.9 Å². The maximum absolute atomic E-state index is 13.1. The molecule has 0 aromatic heterocycles. The molecule has 1 unspecified atom stereocenters. The van der Waals surface area contributed by atoms with E-state index < -0.39 is 16.0 Å². The zero-order valence-corrected chi connectivity index (χ0v) is 15.8. The van der Waals surface area contributed by atoms with Gasteiger partial charge in [0.1, 0.15) is 17.3 Å². The molecule has 0 radical (unpaired) electrons. The summed E-state index contributed by atoms with van der Waals surface area (Å²) in [5, 5.41) is 0. The Bertz CT molecular complexity index is 757. The first-order chi connectivity index (χ1) is 11.8. The molecule has 2 rings (SSSR count). The third-order valence-electron chi connectivity index (χ3n) is 4.18. The lowest BCUT2D eigenvalue weighted by Crippen LogP contribution is -2.42. The van der Waals surface area contributed by atoms with Gasteiger partial charge in [0.15, 0.2) is 0 Å². The second kappa shape index (κ2) is 8.01. The number of esters is 1. The average Bonchev–Trinajstić information content (AvgIpc) is 2.59. The highest BCUT2D eigenvalue weighted by atomic mass is 32.2. The van der Waals surface area contributed by atoms with E-state index in [0.29, 0.717) is 12.1 Å². The number of sulfonamides is 1. The Morgan fingerprint density at radius 1 is 1.36 bits per heavy atom. The summed E-state index contributed by atoms with van der Waals surface area (Å²) >= 11 is 0. The second-order valence-electron chi connectivity index (χ2n) is 6.36. The molecule has 1 aromatic rings. The van der Waals surface area contributed by atoms with Crippen molar-refractivity contribution in [1.29, 1.82) is 0 Å². The van der Waals surface area contributed by atoms with Crippen LogP contribution in [-0.2, 0) is 14.8 Å². The molecule has 25 heavy (non-hydrogen) atoms. The van der Waals surface area contributed by atoms with Crippen LogP contribution in [0.5, 0.6) is 5.75 Å². The maximum Gasteiger partial charge on any atom is 0.338 e. The van der Waals surface area contributed by atoms with Crippen LogP contribution in [0.4, 0.5) is 0 Å². The summed E-state index contributed by atoms with van der Waals surface area (Å²) in [6.07, 6.45) is 2.66. The van der Waals surface area contributed by atoms with Gasteiger partial charge in [0.05, 0.1) is 12.7 Å². The van der Waals surface area contributed by atoms with Gasteiger partial charge in [-0.25, -0.2) is 13.2 Å². The van der Waals surface area contributed by atoms with Crippen molar-refractivity contribution >= 4 is 16.0 Å². The van der Waals surface area contributed by atoms with Gasteiger partial charge in [0.2, 0.25) is 10.0 Å². The molecule has 1 heterocycles. The SMILES string of the molecule is C=C(C)COC(=O)c1ccc(OC)c(S(=O)(=O)N2CCCCC2C)c1. The summed E-state index contributed by atoms with van der Waals surface area (Å²) < 4.78 is 38.0. The number of benzene rings is 1. The number of carbonyl (C=O) groups excluding carboxylic acids is 1. The first kappa shape index (κ1) is 19.5. The second-order valence-corrected chi connectivity index (χ2v) is 8.22. The smallest absolute Gasteiger partial charge is 0.338 e. The van der Waals surface area contributed by atoms with Crippen LogP contribution in [0.2, 0.25) is 0 Å². The average molecular weight is 367 g/mol. The Morgan fingerprint density at radius 2 is 2.08 bits per heavy atom. The van der Waals surface area contributed by atoms with Crippen LogP contribution in [-0.4, -0.2) is 45.0 Å². The number of ether oxygens (including phenoxy) is 2. The minimum absolute atomic E-state index is 0.00600. The maximum atomic E-state index is 13.1. The van der Waals surface area contributed by atoms with Gasteiger partial charge < -0.3 is 9.47 Å². The molecule has 1 fully saturated rings. The first-order valence-corrected chi connectivity index (χ1v) is 9.72. The van der Waals surface area contributed by atoms with E-state index in [0.717, 1.165) is 19.3 Å². The van der Waals surface area contributed by atoms with Gasteiger partial charge in [-0.15, -0.1) is 0 Å². The van der Waals surface area contributed by atoms with E-state index in [4.69, 9.17) is 9.47 Å². The van der Waals surface area contributed by atoms with E-state index >= 15 is 0 Å². The van der Waals surface area contributed by atoms with Gasteiger partial charge in [-0.3, -0.25) is 0 Å². The number of hydrogen-bond acceptors (Lipinski definition) is 5. The molecule has 0 amide bonds. The lowest BCUT2D eigenvalue weighted by molar-refractivity contribution is 0.0540. The summed E-state index contributed by atoms with van der Waals surface area (Å²) in [5.41, 5.74) is 0.877. The molecule has 138 valence electrons. The van der Waals surface area contributed by atoms with Crippen LogP contribution in [0.15, 0.2) is 35.2 Å². The van der Waals surface area contributed by atoms with Gasteiger partial charge in [-0.1, -0.05) is 13.0 Å². The Labute approximate surface area is 149 Å².